The summed E-state index contributed by atoms with van der Waals surface area (Å²) in [6.45, 7) is 4.21. The Morgan fingerprint density at radius 1 is 1.20 bits per heavy atom. The number of amides is 2. The molecule has 4 unspecified atom stereocenters. The fraction of sp³-hybridized carbons (Fsp3) is 0.526. The summed E-state index contributed by atoms with van der Waals surface area (Å²) in [5.41, 5.74) is 1.08. The minimum Gasteiger partial charge on any atom is -0.481 e. The van der Waals surface area contributed by atoms with Crippen molar-refractivity contribution in [2.75, 3.05) is 11.9 Å². The average molecular weight is 344 g/mol. The number of likely N-dealkylation sites (tertiary alicyclic amines) is 1. The van der Waals surface area contributed by atoms with E-state index < -0.39 is 11.9 Å². The van der Waals surface area contributed by atoms with E-state index in [0.29, 0.717) is 30.0 Å². The first-order valence-electron chi connectivity index (χ1n) is 8.81. The van der Waals surface area contributed by atoms with Crippen molar-refractivity contribution < 1.29 is 19.5 Å². The Balaban J connectivity index is 1.72. The molecule has 2 amide bonds. The molecule has 2 fully saturated rings. The topological polar surface area (TPSA) is 86.7 Å². The van der Waals surface area contributed by atoms with Gasteiger partial charge in [0.25, 0.3) is 5.91 Å². The molecule has 1 saturated carbocycles. The Morgan fingerprint density at radius 2 is 1.92 bits per heavy atom. The van der Waals surface area contributed by atoms with E-state index in [1.165, 1.54) is 0 Å². The lowest BCUT2D eigenvalue weighted by atomic mass is 9.93. The van der Waals surface area contributed by atoms with Crippen molar-refractivity contribution in [3.63, 3.8) is 0 Å². The van der Waals surface area contributed by atoms with Crippen LogP contribution in [0.4, 0.5) is 5.69 Å². The van der Waals surface area contributed by atoms with Crippen LogP contribution in [0.5, 0.6) is 0 Å². The highest BCUT2D eigenvalue weighted by molar-refractivity contribution is 5.98. The Hall–Kier alpha value is -2.37. The molecule has 0 bridgehead atoms. The van der Waals surface area contributed by atoms with E-state index in [0.717, 1.165) is 6.42 Å². The van der Waals surface area contributed by atoms with Gasteiger partial charge in [-0.05, 0) is 50.3 Å². The van der Waals surface area contributed by atoms with Crippen LogP contribution in [0.15, 0.2) is 24.3 Å². The van der Waals surface area contributed by atoms with Crippen molar-refractivity contribution in [2.24, 2.45) is 17.8 Å². The average Bonchev–Trinajstić information content (AvgIpc) is 3.31. The van der Waals surface area contributed by atoms with E-state index >= 15 is 0 Å². The lowest BCUT2D eigenvalue weighted by molar-refractivity contribution is -0.143. The zero-order valence-electron chi connectivity index (χ0n) is 14.6. The molecule has 1 heterocycles. The largest absolute Gasteiger partial charge is 0.481 e. The van der Waals surface area contributed by atoms with Crippen LogP contribution in [0.2, 0.25) is 0 Å². The van der Waals surface area contributed by atoms with Gasteiger partial charge >= 0.3 is 5.97 Å². The second-order valence-corrected chi connectivity index (χ2v) is 7.31. The molecule has 134 valence electrons. The summed E-state index contributed by atoms with van der Waals surface area (Å²) in [7, 11) is 0. The van der Waals surface area contributed by atoms with Crippen molar-refractivity contribution in [2.45, 2.75) is 39.2 Å². The lowest BCUT2D eigenvalue weighted by Crippen LogP contribution is -2.47. The monoisotopic (exact) mass is 344 g/mol. The van der Waals surface area contributed by atoms with Crippen molar-refractivity contribution in [3.05, 3.63) is 29.8 Å². The molecule has 2 N–H and O–H groups in total. The van der Waals surface area contributed by atoms with E-state index in [2.05, 4.69) is 5.32 Å². The van der Waals surface area contributed by atoms with Gasteiger partial charge in [-0.3, -0.25) is 14.4 Å². The number of nitrogens with one attached hydrogen (secondary N) is 1. The van der Waals surface area contributed by atoms with Crippen molar-refractivity contribution >= 4 is 23.5 Å². The maximum Gasteiger partial charge on any atom is 0.308 e. The number of anilines is 1. The van der Waals surface area contributed by atoms with Crippen LogP contribution in [-0.4, -0.2) is 40.4 Å². The Morgan fingerprint density at radius 3 is 2.56 bits per heavy atom. The molecular formula is C19H24N2O4. The van der Waals surface area contributed by atoms with Gasteiger partial charge in [-0.2, -0.15) is 0 Å². The number of benzene rings is 1. The van der Waals surface area contributed by atoms with E-state index in [1.807, 2.05) is 13.8 Å². The number of nitrogens with zero attached hydrogens (tertiary/aromatic N) is 1. The molecule has 1 saturated heterocycles. The first-order valence-corrected chi connectivity index (χ1v) is 8.81. The third-order valence-corrected chi connectivity index (χ3v) is 5.32. The normalized spacial score (nSPS) is 28.3. The minimum absolute atomic E-state index is 0.00520. The number of carboxylic acid groups (broad SMARTS) is 1. The van der Waals surface area contributed by atoms with Gasteiger partial charge < -0.3 is 15.3 Å². The number of piperidine rings is 1. The first-order chi connectivity index (χ1) is 11.9. The SMILES string of the molecule is CC1CC1C(=O)Nc1cccc(C(=O)N2CC(C(=O)O)CCC2C)c1. The third kappa shape index (κ3) is 3.83. The molecule has 6 heteroatoms. The van der Waals surface area contributed by atoms with Gasteiger partial charge in [0.15, 0.2) is 0 Å². The zero-order valence-corrected chi connectivity index (χ0v) is 14.6. The lowest BCUT2D eigenvalue weighted by Gasteiger charge is -2.36. The predicted octanol–water partition coefficient (Wildman–Crippen LogP) is 2.61. The number of carboxylic acids is 1. The smallest absolute Gasteiger partial charge is 0.308 e. The van der Waals surface area contributed by atoms with E-state index in [1.54, 1.807) is 29.2 Å². The van der Waals surface area contributed by atoms with Crippen LogP contribution < -0.4 is 5.32 Å². The van der Waals surface area contributed by atoms with Crippen LogP contribution in [0.3, 0.4) is 0 Å². The molecule has 6 nitrogen and oxygen atoms in total. The molecule has 1 aromatic rings. The van der Waals surface area contributed by atoms with Crippen LogP contribution in [0, 0.1) is 17.8 Å². The Bertz CT molecular complexity index is 702. The van der Waals surface area contributed by atoms with Gasteiger partial charge in [0.2, 0.25) is 5.91 Å². The summed E-state index contributed by atoms with van der Waals surface area (Å²) in [5, 5.41) is 12.1. The third-order valence-electron chi connectivity index (χ3n) is 5.32. The summed E-state index contributed by atoms with van der Waals surface area (Å²) in [5.74, 6) is -1.07. The molecular weight excluding hydrogens is 320 g/mol. The summed E-state index contributed by atoms with van der Waals surface area (Å²) in [6, 6.07) is 6.89. The molecule has 0 spiro atoms. The number of carbonyl (C=O) groups excluding carboxylic acids is 2. The van der Waals surface area contributed by atoms with Gasteiger partial charge in [0, 0.05) is 29.8 Å². The summed E-state index contributed by atoms with van der Waals surface area (Å²) >= 11 is 0. The maximum atomic E-state index is 12.8. The predicted molar refractivity (Wildman–Crippen MR) is 93.2 cm³/mol. The molecule has 3 rings (SSSR count). The van der Waals surface area contributed by atoms with E-state index in [4.69, 9.17) is 0 Å². The number of carbonyl (C=O) groups is 3. The van der Waals surface area contributed by atoms with Crippen LogP contribution >= 0.6 is 0 Å². The Kier molecular flexibility index (Phi) is 4.79. The number of hydrogen-bond acceptors (Lipinski definition) is 3. The highest BCUT2D eigenvalue weighted by Gasteiger charge is 2.39. The van der Waals surface area contributed by atoms with Crippen LogP contribution in [0.25, 0.3) is 0 Å². The van der Waals surface area contributed by atoms with Gasteiger partial charge in [0.1, 0.15) is 0 Å². The maximum absolute atomic E-state index is 12.8. The number of hydrogen-bond donors (Lipinski definition) is 2. The molecule has 0 aromatic heterocycles. The molecule has 1 aliphatic carbocycles. The molecule has 4 atom stereocenters. The molecule has 1 aliphatic heterocycles. The van der Waals surface area contributed by atoms with Crippen molar-refractivity contribution in [1.29, 1.82) is 0 Å². The molecule has 1 aromatic carbocycles. The van der Waals surface area contributed by atoms with E-state index in [-0.39, 0.29) is 30.3 Å². The van der Waals surface area contributed by atoms with Gasteiger partial charge in [-0.25, -0.2) is 0 Å². The van der Waals surface area contributed by atoms with Gasteiger partial charge in [0.05, 0.1) is 5.92 Å². The molecule has 0 radical (unpaired) electrons. The van der Waals surface area contributed by atoms with Crippen molar-refractivity contribution in [1.82, 2.24) is 4.90 Å². The fourth-order valence-corrected chi connectivity index (χ4v) is 3.41. The standard InChI is InChI=1S/C19H24N2O4/c1-11-8-16(11)17(22)20-15-5-3-4-13(9-15)18(23)21-10-14(19(24)25)7-6-12(21)2/h3-5,9,11-12,14,16H,6-8,10H2,1-2H3,(H,20,22)(H,24,25). The van der Waals surface area contributed by atoms with Crippen LogP contribution in [-0.2, 0) is 9.59 Å². The van der Waals surface area contributed by atoms with Gasteiger partial charge in [-0.1, -0.05) is 13.0 Å². The van der Waals surface area contributed by atoms with Crippen molar-refractivity contribution in [3.8, 4) is 0 Å². The van der Waals surface area contributed by atoms with Crippen LogP contribution in [0.1, 0.15) is 43.5 Å². The first kappa shape index (κ1) is 17.5. The van der Waals surface area contributed by atoms with Gasteiger partial charge in [-0.15, -0.1) is 0 Å². The summed E-state index contributed by atoms with van der Waals surface area (Å²) < 4.78 is 0. The quantitative estimate of drug-likeness (QED) is 0.879. The summed E-state index contributed by atoms with van der Waals surface area (Å²) in [4.78, 5) is 37.8. The Labute approximate surface area is 147 Å². The van der Waals surface area contributed by atoms with E-state index in [9.17, 15) is 19.5 Å². The summed E-state index contributed by atoms with van der Waals surface area (Å²) in [6.07, 6.45) is 2.18. The number of rotatable bonds is 4. The number of aliphatic carboxylic acids is 1. The second-order valence-electron chi connectivity index (χ2n) is 7.31. The molecule has 2 aliphatic rings. The fourth-order valence-electron chi connectivity index (χ4n) is 3.41. The molecule has 25 heavy (non-hydrogen) atoms. The second kappa shape index (κ2) is 6.86. The zero-order chi connectivity index (χ0) is 18.1. The highest BCUT2D eigenvalue weighted by atomic mass is 16.4. The highest BCUT2D eigenvalue weighted by Crippen LogP contribution is 2.38. The minimum atomic E-state index is -0.857.